The third-order valence-corrected chi connectivity index (χ3v) is 2.19. The predicted molar refractivity (Wildman–Crippen MR) is 62.8 cm³/mol. The van der Waals surface area contributed by atoms with Crippen LogP contribution < -0.4 is 64.4 Å². The van der Waals surface area contributed by atoms with Crippen molar-refractivity contribution in [1.29, 1.82) is 0 Å². The summed E-state index contributed by atoms with van der Waals surface area (Å²) >= 11 is 0. The van der Waals surface area contributed by atoms with Gasteiger partial charge in [0.05, 0.1) is 0 Å². The van der Waals surface area contributed by atoms with Gasteiger partial charge < -0.3 is 18.4 Å². The Morgan fingerprint density at radius 2 is 1.79 bits per heavy atom. The molecule has 0 heterocycles. The van der Waals surface area contributed by atoms with Crippen molar-refractivity contribution >= 4 is 11.9 Å². The van der Waals surface area contributed by atoms with Crippen LogP contribution in [0.15, 0.2) is 0 Å². The molecule has 0 radical (unpaired) electrons. The summed E-state index contributed by atoms with van der Waals surface area (Å²) in [5.41, 5.74) is 0. The summed E-state index contributed by atoms with van der Waals surface area (Å²) in [6, 6.07) is -0.634. The minimum atomic E-state index is -1.03. The molecule has 0 bridgehead atoms. The van der Waals surface area contributed by atoms with Crippen LogP contribution in [0.5, 0.6) is 0 Å². The molecule has 19 heavy (non-hydrogen) atoms. The minimum absolute atomic E-state index is 0. The normalized spacial score (nSPS) is 13.1. The van der Waals surface area contributed by atoms with E-state index in [4.69, 9.17) is 15.1 Å². The molecule has 9 heteroatoms. The van der Waals surface area contributed by atoms with Gasteiger partial charge >= 0.3 is 71.1 Å². The number of carboxylic acid groups (broad SMARTS) is 2. The molecule has 104 valence electrons. The van der Waals surface area contributed by atoms with Crippen LogP contribution in [0, 0.1) is 0 Å². The van der Waals surface area contributed by atoms with Gasteiger partial charge in [0.15, 0.2) is 6.10 Å². The average Bonchev–Trinajstić information content (AvgIpc) is 2.26. The molecule has 0 aliphatic carbocycles. The zero-order valence-electron chi connectivity index (χ0n) is 14.3. The minimum Gasteiger partial charge on any atom is -1.00 e. The number of carbonyl (C=O) groups is 2. The van der Waals surface area contributed by atoms with Gasteiger partial charge in [0.1, 0.15) is 6.04 Å². The number of hydrogen-bond acceptors (Lipinski definition) is 5. The Kier molecular flexibility index (Phi) is 18.0. The second-order valence-corrected chi connectivity index (χ2v) is 3.62. The maximum absolute atomic E-state index is 10.6. The van der Waals surface area contributed by atoms with Crippen LogP contribution >= 0.6 is 0 Å². The van der Waals surface area contributed by atoms with E-state index in [-0.39, 0.29) is 62.0 Å². The number of rotatable bonds is 9. The second-order valence-electron chi connectivity index (χ2n) is 3.62. The molecule has 0 rings (SSSR count). The molecular weight excluding hydrogens is 274 g/mol. The first-order valence-electron chi connectivity index (χ1n) is 5.49. The number of nitrogens with zero attached hydrogens (tertiary/aromatic N) is 1. The third kappa shape index (κ3) is 12.3. The number of aliphatic carboxylic acids is 2. The average molecular weight is 296 g/mol. The van der Waals surface area contributed by atoms with Crippen LogP contribution in [-0.4, -0.2) is 59.0 Å². The largest absolute Gasteiger partial charge is 1.00 e. The molecule has 0 saturated carbocycles. The van der Waals surface area contributed by atoms with Crippen LogP contribution in [0.3, 0.4) is 0 Å². The Morgan fingerprint density at radius 3 is 2.16 bits per heavy atom. The zero-order valence-corrected chi connectivity index (χ0v) is 16.3. The number of likely N-dealkylation sites (N-methyl/N-ethyl adjacent to an activating group) is 1. The maximum atomic E-state index is 10.6. The molecule has 0 aromatic heterocycles. The second kappa shape index (κ2) is 13.8. The number of hydroxylamine groups is 2. The van der Waals surface area contributed by atoms with Crippen LogP contribution in [0.2, 0.25) is 0 Å². The van der Waals surface area contributed by atoms with Crippen LogP contribution in [0.25, 0.3) is 0 Å². The fourth-order valence-corrected chi connectivity index (χ4v) is 1.05. The molecule has 2 atom stereocenters. The molecule has 3 N–H and O–H groups in total. The summed E-state index contributed by atoms with van der Waals surface area (Å²) in [5, 5.41) is 21.6. The van der Waals surface area contributed by atoms with Crippen molar-refractivity contribution in [2.75, 3.05) is 19.6 Å². The molecule has 0 aromatic rings. The molecule has 0 aliphatic rings. The third-order valence-electron chi connectivity index (χ3n) is 2.19. The maximum Gasteiger partial charge on any atom is 1.00 e. The van der Waals surface area contributed by atoms with Crippen LogP contribution in [-0.2, 0) is 14.4 Å². The van der Waals surface area contributed by atoms with Gasteiger partial charge in [0.2, 0.25) is 0 Å². The van der Waals surface area contributed by atoms with E-state index < -0.39 is 24.1 Å². The summed E-state index contributed by atoms with van der Waals surface area (Å²) < 4.78 is 0. The van der Waals surface area contributed by atoms with E-state index in [9.17, 15) is 9.59 Å². The van der Waals surface area contributed by atoms with Crippen LogP contribution in [0.1, 0.15) is 23.6 Å². The zero-order chi connectivity index (χ0) is 13.4. The van der Waals surface area contributed by atoms with Crippen LogP contribution in [0.4, 0.5) is 0 Å². The standard InChI is InChI=1S/C10H20N2O5.2Na.2H/c1-4-12(17-8(3)10(15)16)6-5-11-7(2)9(13)14;;;;/h7-8,11H,4-6H2,1-3H3,(H,13,14)(H,15,16);;;;/q;2*+1;2*-1. The Hall–Kier alpha value is 0.820. The summed E-state index contributed by atoms with van der Waals surface area (Å²) in [4.78, 5) is 26.3. The van der Waals surface area contributed by atoms with E-state index >= 15 is 0 Å². The van der Waals surface area contributed by atoms with Gasteiger partial charge in [0.25, 0.3) is 0 Å². The molecule has 0 aliphatic heterocycles. The van der Waals surface area contributed by atoms with E-state index in [0.717, 1.165) is 0 Å². The topological polar surface area (TPSA) is 99.1 Å². The number of carboxylic acids is 2. The van der Waals surface area contributed by atoms with Gasteiger partial charge in [-0.25, -0.2) is 4.79 Å². The monoisotopic (exact) mass is 296 g/mol. The first kappa shape index (κ1) is 24.8. The smallest absolute Gasteiger partial charge is 1.00 e. The SMILES string of the molecule is CCN(CCNC(C)C(=O)O)OC(C)C(=O)O.[H-].[H-].[Na+].[Na+]. The Labute approximate surface area is 160 Å². The van der Waals surface area contributed by atoms with Crippen molar-refractivity contribution < 1.29 is 86.6 Å². The van der Waals surface area contributed by atoms with Gasteiger partial charge in [-0.2, -0.15) is 5.06 Å². The van der Waals surface area contributed by atoms with E-state index in [1.54, 1.807) is 6.92 Å². The molecule has 0 saturated heterocycles. The van der Waals surface area contributed by atoms with Gasteiger partial charge in [-0.3, -0.25) is 9.63 Å². The summed E-state index contributed by atoms with van der Waals surface area (Å²) in [6.07, 6.45) is -0.910. The molecule has 7 nitrogen and oxygen atoms in total. The van der Waals surface area contributed by atoms with Crippen molar-refractivity contribution in [2.45, 2.75) is 32.9 Å². The van der Waals surface area contributed by atoms with Crippen molar-refractivity contribution in [2.24, 2.45) is 0 Å². The molecule has 0 amide bonds. The van der Waals surface area contributed by atoms with Gasteiger partial charge in [-0.05, 0) is 13.8 Å². The predicted octanol–water partition coefficient (Wildman–Crippen LogP) is -5.99. The van der Waals surface area contributed by atoms with E-state index in [0.29, 0.717) is 19.6 Å². The summed E-state index contributed by atoms with van der Waals surface area (Å²) in [7, 11) is 0. The quantitative estimate of drug-likeness (QED) is 0.288. The molecular formula is C10H22N2Na2O5. The first-order valence-corrected chi connectivity index (χ1v) is 5.49. The van der Waals surface area contributed by atoms with Crippen molar-refractivity contribution in [3.8, 4) is 0 Å². The molecule has 0 spiro atoms. The first-order chi connectivity index (χ1) is 7.88. The van der Waals surface area contributed by atoms with Crippen molar-refractivity contribution in [3.63, 3.8) is 0 Å². The molecule has 0 aromatic carbocycles. The van der Waals surface area contributed by atoms with Crippen molar-refractivity contribution in [3.05, 3.63) is 0 Å². The van der Waals surface area contributed by atoms with E-state index in [1.165, 1.54) is 12.0 Å². The van der Waals surface area contributed by atoms with Gasteiger partial charge in [0, 0.05) is 19.6 Å². The molecule has 2 unspecified atom stereocenters. The summed E-state index contributed by atoms with van der Waals surface area (Å²) in [6.45, 7) is 6.17. The van der Waals surface area contributed by atoms with E-state index in [2.05, 4.69) is 5.32 Å². The summed E-state index contributed by atoms with van der Waals surface area (Å²) in [5.74, 6) is -1.96. The fraction of sp³-hybridized carbons (Fsp3) is 0.800. The molecule has 0 fully saturated rings. The Balaban J connectivity index is -0.000000213. The van der Waals surface area contributed by atoms with E-state index in [1.807, 2.05) is 6.92 Å². The number of hydrogen-bond donors (Lipinski definition) is 3. The Bertz CT molecular complexity index is 278. The van der Waals surface area contributed by atoms with Gasteiger partial charge in [-0.15, -0.1) is 0 Å². The van der Waals surface area contributed by atoms with Crippen molar-refractivity contribution in [1.82, 2.24) is 10.4 Å². The fourth-order valence-electron chi connectivity index (χ4n) is 1.05. The Morgan fingerprint density at radius 1 is 1.26 bits per heavy atom. The van der Waals surface area contributed by atoms with Gasteiger partial charge in [-0.1, -0.05) is 6.92 Å². The number of nitrogens with one attached hydrogen (secondary N) is 1.